The van der Waals surface area contributed by atoms with E-state index < -0.39 is 0 Å². The van der Waals surface area contributed by atoms with Gasteiger partial charge in [0.15, 0.2) is 0 Å². The lowest BCUT2D eigenvalue weighted by atomic mass is 9.97. The van der Waals surface area contributed by atoms with Crippen LogP contribution in [-0.2, 0) is 4.79 Å². The molecule has 0 aliphatic carbocycles. The number of fused-ring (bicyclic) bond motifs is 2. The summed E-state index contributed by atoms with van der Waals surface area (Å²) in [7, 11) is 0. The van der Waals surface area contributed by atoms with Crippen molar-refractivity contribution in [3.05, 3.63) is 33.8 Å². The minimum absolute atomic E-state index is 0.302. The zero-order chi connectivity index (χ0) is 18.0. The number of carbonyl (C=O) groups is 1. The van der Waals surface area contributed by atoms with Gasteiger partial charge in [-0.05, 0) is 55.8 Å². The van der Waals surface area contributed by atoms with Crippen molar-refractivity contribution in [1.29, 1.82) is 0 Å². The number of benzene rings is 1. The first-order valence-corrected chi connectivity index (χ1v) is 10.2. The monoisotopic (exact) mass is 382 g/mol. The lowest BCUT2D eigenvalue weighted by Crippen LogP contribution is -2.41. The third kappa shape index (κ3) is 4.32. The summed E-state index contributed by atoms with van der Waals surface area (Å²) in [5.41, 5.74) is 1.25. The van der Waals surface area contributed by atoms with Crippen molar-refractivity contribution in [1.82, 2.24) is 9.80 Å². The van der Waals surface area contributed by atoms with Gasteiger partial charge in [-0.15, -0.1) is 0 Å². The molecule has 3 unspecified atom stereocenters. The average Bonchev–Trinajstić information content (AvgIpc) is 2.88. The minimum atomic E-state index is 0.302. The SMILES string of the molecule is CCC(=O)N1CCC2CCC(C1)N2CCC(C)c1ccc(Cl)c(Cl)c1. The maximum atomic E-state index is 12.1. The first kappa shape index (κ1) is 19.0. The Kier molecular flexibility index (Phi) is 6.30. The van der Waals surface area contributed by atoms with Gasteiger partial charge in [0.2, 0.25) is 5.91 Å². The highest BCUT2D eigenvalue weighted by Gasteiger charge is 2.37. The normalized spacial score (nSPS) is 25.0. The van der Waals surface area contributed by atoms with Gasteiger partial charge < -0.3 is 4.90 Å². The molecule has 0 N–H and O–H groups in total. The first-order valence-electron chi connectivity index (χ1n) is 9.48. The van der Waals surface area contributed by atoms with Crippen LogP contribution in [0.2, 0.25) is 10.0 Å². The third-order valence-electron chi connectivity index (χ3n) is 5.92. The molecule has 5 heteroatoms. The van der Waals surface area contributed by atoms with E-state index >= 15 is 0 Å². The summed E-state index contributed by atoms with van der Waals surface area (Å²) in [6.07, 6.45) is 5.33. The Morgan fingerprint density at radius 2 is 1.96 bits per heavy atom. The zero-order valence-electron chi connectivity index (χ0n) is 15.2. The van der Waals surface area contributed by atoms with Crippen LogP contribution >= 0.6 is 23.2 Å². The summed E-state index contributed by atoms with van der Waals surface area (Å²) in [5, 5.41) is 1.25. The molecule has 1 aromatic rings. The molecule has 1 aromatic carbocycles. The second kappa shape index (κ2) is 8.28. The number of carbonyl (C=O) groups excluding carboxylic acids is 1. The van der Waals surface area contributed by atoms with Gasteiger partial charge in [0.25, 0.3) is 0 Å². The molecule has 2 aliphatic heterocycles. The molecule has 2 saturated heterocycles. The Balaban J connectivity index is 1.60. The maximum absolute atomic E-state index is 12.1. The van der Waals surface area contributed by atoms with Crippen molar-refractivity contribution in [3.8, 4) is 0 Å². The fourth-order valence-corrected chi connectivity index (χ4v) is 4.62. The summed E-state index contributed by atoms with van der Waals surface area (Å²) in [5.74, 6) is 0.752. The Morgan fingerprint density at radius 1 is 1.20 bits per heavy atom. The molecule has 2 bridgehead atoms. The van der Waals surface area contributed by atoms with E-state index in [9.17, 15) is 4.79 Å². The molecule has 1 amide bonds. The predicted octanol–water partition coefficient (Wildman–Crippen LogP) is 4.96. The summed E-state index contributed by atoms with van der Waals surface area (Å²) < 4.78 is 0. The van der Waals surface area contributed by atoms with Crippen LogP contribution in [0.25, 0.3) is 0 Å². The van der Waals surface area contributed by atoms with Gasteiger partial charge in [-0.2, -0.15) is 0 Å². The van der Waals surface area contributed by atoms with E-state index in [-0.39, 0.29) is 0 Å². The molecule has 3 nitrogen and oxygen atoms in total. The lowest BCUT2D eigenvalue weighted by Gasteiger charge is -2.29. The Bertz CT molecular complexity index is 622. The Labute approximate surface area is 161 Å². The highest BCUT2D eigenvalue weighted by molar-refractivity contribution is 6.42. The second-order valence-electron chi connectivity index (χ2n) is 7.47. The highest BCUT2D eigenvalue weighted by Crippen LogP contribution is 2.33. The molecule has 25 heavy (non-hydrogen) atoms. The van der Waals surface area contributed by atoms with Gasteiger partial charge in [0.1, 0.15) is 0 Å². The minimum Gasteiger partial charge on any atom is -0.341 e. The summed E-state index contributed by atoms with van der Waals surface area (Å²) in [6.45, 7) is 7.14. The fraction of sp³-hybridized carbons (Fsp3) is 0.650. The number of hydrogen-bond acceptors (Lipinski definition) is 2. The summed E-state index contributed by atoms with van der Waals surface area (Å²) in [6, 6.07) is 7.13. The number of likely N-dealkylation sites (tertiary alicyclic amines) is 1. The molecular formula is C20H28Cl2N2O. The van der Waals surface area contributed by atoms with E-state index in [0.29, 0.717) is 40.4 Å². The van der Waals surface area contributed by atoms with Gasteiger partial charge in [-0.25, -0.2) is 0 Å². The Hall–Kier alpha value is -0.770. The predicted molar refractivity (Wildman–Crippen MR) is 104 cm³/mol. The Morgan fingerprint density at radius 3 is 2.68 bits per heavy atom. The van der Waals surface area contributed by atoms with E-state index in [0.717, 1.165) is 32.5 Å². The highest BCUT2D eigenvalue weighted by atomic mass is 35.5. The molecule has 2 fully saturated rings. The van der Waals surface area contributed by atoms with Gasteiger partial charge in [0, 0.05) is 31.6 Å². The fourth-order valence-electron chi connectivity index (χ4n) is 4.31. The van der Waals surface area contributed by atoms with E-state index in [1.807, 2.05) is 19.1 Å². The molecule has 138 valence electrons. The average molecular weight is 383 g/mol. The van der Waals surface area contributed by atoms with E-state index in [4.69, 9.17) is 23.2 Å². The number of hydrogen-bond donors (Lipinski definition) is 0. The van der Waals surface area contributed by atoms with Crippen LogP contribution in [0.15, 0.2) is 18.2 Å². The quantitative estimate of drug-likeness (QED) is 0.717. The molecule has 3 rings (SSSR count). The summed E-state index contributed by atoms with van der Waals surface area (Å²) in [4.78, 5) is 16.8. The zero-order valence-corrected chi connectivity index (χ0v) is 16.7. The molecule has 3 atom stereocenters. The molecule has 0 saturated carbocycles. The maximum Gasteiger partial charge on any atom is 0.222 e. The largest absolute Gasteiger partial charge is 0.341 e. The van der Waals surface area contributed by atoms with Crippen molar-refractivity contribution >= 4 is 29.1 Å². The van der Waals surface area contributed by atoms with Crippen LogP contribution in [0.3, 0.4) is 0 Å². The van der Waals surface area contributed by atoms with Gasteiger partial charge in [-0.3, -0.25) is 9.69 Å². The van der Waals surface area contributed by atoms with Gasteiger partial charge in [-0.1, -0.05) is 43.1 Å². The molecule has 2 aliphatic rings. The molecule has 0 aromatic heterocycles. The van der Waals surface area contributed by atoms with Crippen LogP contribution in [-0.4, -0.2) is 47.4 Å². The van der Waals surface area contributed by atoms with E-state index in [1.165, 1.54) is 18.4 Å². The van der Waals surface area contributed by atoms with Crippen molar-refractivity contribution in [2.24, 2.45) is 0 Å². The van der Waals surface area contributed by atoms with Crippen LogP contribution in [0, 0.1) is 0 Å². The smallest absolute Gasteiger partial charge is 0.222 e. The molecule has 0 spiro atoms. The third-order valence-corrected chi connectivity index (χ3v) is 6.66. The molecule has 2 heterocycles. The summed E-state index contributed by atoms with van der Waals surface area (Å²) >= 11 is 12.2. The van der Waals surface area contributed by atoms with Crippen molar-refractivity contribution in [2.75, 3.05) is 19.6 Å². The van der Waals surface area contributed by atoms with Crippen LogP contribution in [0.1, 0.15) is 57.4 Å². The van der Waals surface area contributed by atoms with Crippen molar-refractivity contribution in [2.45, 2.75) is 64.0 Å². The standard InChI is InChI=1S/C20H28Cl2N2O/c1-3-20(25)23-10-9-16-5-6-17(13-23)24(16)11-8-14(2)15-4-7-18(21)19(22)12-15/h4,7,12,14,16-17H,3,5-6,8-11,13H2,1-2H3. The number of rotatable bonds is 5. The van der Waals surface area contributed by atoms with E-state index in [2.05, 4.69) is 22.8 Å². The van der Waals surface area contributed by atoms with Crippen LogP contribution in [0.5, 0.6) is 0 Å². The first-order chi connectivity index (χ1) is 12.0. The van der Waals surface area contributed by atoms with Crippen LogP contribution < -0.4 is 0 Å². The van der Waals surface area contributed by atoms with Crippen LogP contribution in [0.4, 0.5) is 0 Å². The van der Waals surface area contributed by atoms with Crippen molar-refractivity contribution < 1.29 is 4.79 Å². The molecular weight excluding hydrogens is 355 g/mol. The second-order valence-corrected chi connectivity index (χ2v) is 8.28. The van der Waals surface area contributed by atoms with Crippen molar-refractivity contribution in [3.63, 3.8) is 0 Å². The molecule has 0 radical (unpaired) electrons. The lowest BCUT2D eigenvalue weighted by molar-refractivity contribution is -0.131. The topological polar surface area (TPSA) is 23.6 Å². The number of amides is 1. The van der Waals surface area contributed by atoms with E-state index in [1.54, 1.807) is 0 Å². The number of nitrogens with zero attached hydrogens (tertiary/aromatic N) is 2. The van der Waals surface area contributed by atoms with Gasteiger partial charge >= 0.3 is 0 Å². The number of halogens is 2. The van der Waals surface area contributed by atoms with Gasteiger partial charge in [0.05, 0.1) is 10.0 Å².